The van der Waals surface area contributed by atoms with E-state index in [2.05, 4.69) is 9.73 Å². The average molecular weight is 661 g/mol. The number of nitrogens with zero attached hydrogens (tertiary/aromatic N) is 2. The lowest BCUT2D eigenvalue weighted by Crippen LogP contribution is -2.40. The van der Waals surface area contributed by atoms with E-state index in [1.807, 2.05) is 0 Å². The van der Waals surface area contributed by atoms with Crippen molar-refractivity contribution in [2.24, 2.45) is 4.99 Å². The molecule has 0 bridgehead atoms. The molecule has 2 aromatic carbocycles. The summed E-state index contributed by atoms with van der Waals surface area (Å²) in [4.78, 5) is 56.0. The number of esters is 3. The highest BCUT2D eigenvalue weighted by atomic mass is 32.1. The Balaban J connectivity index is 1.60. The normalized spacial score (nSPS) is 14.2. The Labute approximate surface area is 273 Å². The third kappa shape index (κ3) is 6.89. The lowest BCUT2D eigenvalue weighted by molar-refractivity contribution is -0.143. The maximum atomic E-state index is 14.1. The maximum absolute atomic E-state index is 14.1. The van der Waals surface area contributed by atoms with Crippen LogP contribution in [-0.4, -0.2) is 56.5 Å². The number of fused-ring (bicyclic) bond motifs is 1. The van der Waals surface area contributed by atoms with E-state index in [0.717, 1.165) is 11.3 Å². The van der Waals surface area contributed by atoms with Crippen LogP contribution in [0.15, 0.2) is 80.1 Å². The zero-order valence-corrected chi connectivity index (χ0v) is 27.2. The third-order valence-corrected chi connectivity index (χ3v) is 8.12. The van der Waals surface area contributed by atoms with Crippen LogP contribution in [0, 0.1) is 0 Å². The summed E-state index contributed by atoms with van der Waals surface area (Å²) >= 11 is 1.15. The zero-order chi connectivity index (χ0) is 33.7. The summed E-state index contributed by atoms with van der Waals surface area (Å²) in [5.74, 6) is -0.148. The molecule has 1 atom stereocenters. The molecule has 0 saturated heterocycles. The van der Waals surface area contributed by atoms with Crippen LogP contribution in [-0.2, 0) is 23.8 Å². The van der Waals surface area contributed by atoms with E-state index in [-0.39, 0.29) is 24.5 Å². The van der Waals surface area contributed by atoms with Crippen molar-refractivity contribution in [3.8, 4) is 22.8 Å². The van der Waals surface area contributed by atoms with Crippen molar-refractivity contribution in [3.63, 3.8) is 0 Å². The van der Waals surface area contributed by atoms with Gasteiger partial charge in [0.1, 0.15) is 11.5 Å². The van der Waals surface area contributed by atoms with E-state index >= 15 is 0 Å². The molecule has 0 saturated carbocycles. The molecule has 0 spiro atoms. The maximum Gasteiger partial charge on any atom is 0.343 e. The molecular formula is C34H32N2O10S. The number of ether oxygens (including phenoxy) is 5. The van der Waals surface area contributed by atoms with Gasteiger partial charge < -0.3 is 28.1 Å². The van der Waals surface area contributed by atoms with Crippen molar-refractivity contribution in [3.05, 3.63) is 102 Å². The molecule has 0 fully saturated rings. The van der Waals surface area contributed by atoms with Gasteiger partial charge in [-0.1, -0.05) is 29.5 Å². The van der Waals surface area contributed by atoms with Gasteiger partial charge in [0.25, 0.3) is 5.56 Å². The van der Waals surface area contributed by atoms with E-state index in [9.17, 15) is 19.2 Å². The predicted octanol–water partition coefficient (Wildman–Crippen LogP) is 3.80. The van der Waals surface area contributed by atoms with Crippen LogP contribution in [0.1, 0.15) is 48.5 Å². The summed E-state index contributed by atoms with van der Waals surface area (Å²) in [5.41, 5.74) is 1.77. The number of hydrogen-bond acceptors (Lipinski definition) is 12. The van der Waals surface area contributed by atoms with Crippen LogP contribution in [0.5, 0.6) is 11.5 Å². The summed E-state index contributed by atoms with van der Waals surface area (Å²) < 4.78 is 34.1. The molecule has 3 heterocycles. The molecule has 0 amide bonds. The van der Waals surface area contributed by atoms with Gasteiger partial charge in [-0.2, -0.15) is 0 Å². The first-order valence-electron chi connectivity index (χ1n) is 14.6. The van der Waals surface area contributed by atoms with E-state index in [1.54, 1.807) is 81.4 Å². The Kier molecular flexibility index (Phi) is 10.0. The number of carbonyl (C=O) groups excluding carboxylic acids is 3. The van der Waals surface area contributed by atoms with Crippen LogP contribution in [0.4, 0.5) is 0 Å². The molecule has 1 aliphatic rings. The summed E-state index contributed by atoms with van der Waals surface area (Å²) in [6, 6.07) is 14.3. The third-order valence-electron chi connectivity index (χ3n) is 7.14. The molecule has 0 N–H and O–H groups in total. The standard InChI is InChI=1S/C34H32N2O10S/c1-6-43-26-16-21(11-13-25(26)45-18-28(37)41-4)30-29(33(40)44-7-2)19(3)35-34-36(30)31(38)27(47-34)17-23-12-14-24(46-23)20-9-8-10-22(15-20)32(39)42-5/h8-17,30H,6-7,18H2,1-5H3/b27-17+/t30-/m0/s1. The van der Waals surface area contributed by atoms with Gasteiger partial charge >= 0.3 is 17.9 Å². The Hall–Kier alpha value is -5.43. The molecule has 244 valence electrons. The van der Waals surface area contributed by atoms with Crippen molar-refractivity contribution >= 4 is 35.3 Å². The van der Waals surface area contributed by atoms with Gasteiger partial charge in [0.05, 0.1) is 54.8 Å². The Morgan fingerprint density at radius 1 is 0.957 bits per heavy atom. The van der Waals surface area contributed by atoms with Crippen molar-refractivity contribution in [1.29, 1.82) is 0 Å². The van der Waals surface area contributed by atoms with Gasteiger partial charge in [-0.25, -0.2) is 19.4 Å². The molecule has 0 radical (unpaired) electrons. The Morgan fingerprint density at radius 2 is 1.77 bits per heavy atom. The van der Waals surface area contributed by atoms with Gasteiger partial charge in [-0.05, 0) is 62.7 Å². The van der Waals surface area contributed by atoms with Crippen LogP contribution in [0.25, 0.3) is 17.4 Å². The summed E-state index contributed by atoms with van der Waals surface area (Å²) in [7, 11) is 2.57. The van der Waals surface area contributed by atoms with Crippen LogP contribution >= 0.6 is 11.3 Å². The second-order valence-corrected chi connectivity index (χ2v) is 11.1. The highest BCUT2D eigenvalue weighted by Crippen LogP contribution is 2.36. The molecule has 13 heteroatoms. The SMILES string of the molecule is CCOC(=O)C1=C(C)N=c2s/c(=C/c3ccc(-c4cccc(C(=O)OC)c4)o3)c(=O)n2[C@H]1c1ccc(OCC(=O)OC)c(OCC)c1. The minimum Gasteiger partial charge on any atom is -0.490 e. The first kappa shape index (κ1) is 32.9. The molecular weight excluding hydrogens is 628 g/mol. The van der Waals surface area contributed by atoms with E-state index in [4.69, 9.17) is 23.4 Å². The number of methoxy groups -OCH3 is 2. The number of aromatic nitrogens is 1. The first-order valence-corrected chi connectivity index (χ1v) is 15.4. The van der Waals surface area contributed by atoms with Gasteiger partial charge in [-0.3, -0.25) is 9.36 Å². The fourth-order valence-corrected chi connectivity index (χ4v) is 6.04. The minimum absolute atomic E-state index is 0.126. The number of rotatable bonds is 11. The molecule has 4 aromatic rings. The molecule has 12 nitrogen and oxygen atoms in total. The smallest absolute Gasteiger partial charge is 0.343 e. The monoisotopic (exact) mass is 660 g/mol. The topological polar surface area (TPSA) is 145 Å². The molecule has 47 heavy (non-hydrogen) atoms. The van der Waals surface area contributed by atoms with E-state index < -0.39 is 29.5 Å². The van der Waals surface area contributed by atoms with Gasteiger partial charge in [-0.15, -0.1) is 0 Å². The zero-order valence-electron chi connectivity index (χ0n) is 26.4. The number of benzene rings is 2. The first-order chi connectivity index (χ1) is 22.7. The Morgan fingerprint density at radius 3 is 2.49 bits per heavy atom. The van der Waals surface area contributed by atoms with Crippen molar-refractivity contribution < 1.29 is 42.5 Å². The highest BCUT2D eigenvalue weighted by molar-refractivity contribution is 7.07. The second-order valence-electron chi connectivity index (χ2n) is 10.1. The molecule has 0 unspecified atom stereocenters. The number of carbonyl (C=O) groups is 3. The second kappa shape index (κ2) is 14.3. The van der Waals surface area contributed by atoms with Gasteiger partial charge in [0, 0.05) is 11.6 Å². The lowest BCUT2D eigenvalue weighted by atomic mass is 9.95. The van der Waals surface area contributed by atoms with E-state index in [0.29, 0.717) is 55.6 Å². The largest absolute Gasteiger partial charge is 0.490 e. The molecule has 1 aliphatic heterocycles. The number of furan rings is 1. The number of thiazole rings is 1. The molecule has 5 rings (SSSR count). The quantitative estimate of drug-likeness (QED) is 0.172. The average Bonchev–Trinajstić information content (AvgIpc) is 3.67. The fraction of sp³-hybridized carbons (Fsp3) is 0.265. The predicted molar refractivity (Wildman–Crippen MR) is 171 cm³/mol. The molecule has 0 aliphatic carbocycles. The van der Waals surface area contributed by atoms with Crippen LogP contribution in [0.3, 0.4) is 0 Å². The van der Waals surface area contributed by atoms with Crippen LogP contribution < -0.4 is 24.4 Å². The van der Waals surface area contributed by atoms with Gasteiger partial charge in [0.15, 0.2) is 22.9 Å². The summed E-state index contributed by atoms with van der Waals surface area (Å²) in [6.45, 7) is 5.27. The fourth-order valence-electron chi connectivity index (χ4n) is 5.02. The number of allylic oxidation sites excluding steroid dienone is 1. The van der Waals surface area contributed by atoms with E-state index in [1.165, 1.54) is 18.8 Å². The highest BCUT2D eigenvalue weighted by Gasteiger charge is 2.34. The molecule has 2 aromatic heterocycles. The van der Waals surface area contributed by atoms with Crippen molar-refractivity contribution in [2.75, 3.05) is 34.0 Å². The minimum atomic E-state index is -0.908. The van der Waals surface area contributed by atoms with Crippen molar-refractivity contribution in [2.45, 2.75) is 26.8 Å². The number of hydrogen-bond donors (Lipinski definition) is 0. The lowest BCUT2D eigenvalue weighted by Gasteiger charge is -2.25. The van der Waals surface area contributed by atoms with Crippen LogP contribution in [0.2, 0.25) is 0 Å². The van der Waals surface area contributed by atoms with Gasteiger partial charge in [0.2, 0.25) is 0 Å². The summed E-state index contributed by atoms with van der Waals surface area (Å²) in [5, 5.41) is 0. The summed E-state index contributed by atoms with van der Waals surface area (Å²) in [6.07, 6.45) is 1.60. The Bertz CT molecular complexity index is 2050. The van der Waals surface area contributed by atoms with Crippen molar-refractivity contribution in [1.82, 2.24) is 4.57 Å².